The summed E-state index contributed by atoms with van der Waals surface area (Å²) in [5.41, 5.74) is 11.4. The molecule has 2 aliphatic heterocycles. The second-order valence-electron chi connectivity index (χ2n) is 15.1. The van der Waals surface area contributed by atoms with Crippen LogP contribution < -0.4 is 19.9 Å². The maximum Gasteiger partial charge on any atom is 0.332 e. The van der Waals surface area contributed by atoms with Crippen molar-refractivity contribution in [1.82, 2.24) is 9.62 Å². The number of hydrogen-bond acceptors (Lipinski definition) is 8. The number of nitrogens with one attached hydrogen (secondary N) is 2. The Labute approximate surface area is 308 Å². The van der Waals surface area contributed by atoms with Gasteiger partial charge in [0.15, 0.2) is 0 Å². The zero-order chi connectivity index (χ0) is 37.0. The number of nitrogens with zero attached hydrogens (tertiary/aromatic N) is 3. The third-order valence-electron chi connectivity index (χ3n) is 11.6. The molecule has 2 aromatic rings. The van der Waals surface area contributed by atoms with E-state index in [-0.39, 0.29) is 5.25 Å². The molecule has 8 rings (SSSR count). The molecule has 0 spiro atoms. The summed E-state index contributed by atoms with van der Waals surface area (Å²) in [6.07, 6.45) is 17.3. The molecule has 0 radical (unpaired) electrons. The molecule has 2 fully saturated rings. The number of fused-ring (bicyclic) bond motifs is 4. The lowest BCUT2D eigenvalue weighted by molar-refractivity contribution is -0.528. The molecule has 0 atom stereocenters. The van der Waals surface area contributed by atoms with Crippen LogP contribution in [0.4, 0.5) is 10.5 Å². The highest BCUT2D eigenvalue weighted by molar-refractivity contribution is 7.90. The molecule has 52 heavy (non-hydrogen) atoms. The smallest absolute Gasteiger partial charge is 0.332 e. The van der Waals surface area contributed by atoms with E-state index in [9.17, 15) is 21.6 Å². The number of amides is 2. The Kier molecular flexibility index (Phi) is 11.9. The van der Waals surface area contributed by atoms with Crippen molar-refractivity contribution in [2.75, 3.05) is 38.5 Å². The fraction of sp³-hybridized carbons (Fsp3) is 0.605. The number of sulfonamides is 2. The Hall–Kier alpha value is -3.51. The van der Waals surface area contributed by atoms with Gasteiger partial charge in [-0.05, 0) is 155 Å². The molecule has 0 saturated carbocycles. The number of aryl methyl sites for hydroxylation is 4. The second-order valence-corrected chi connectivity index (χ2v) is 18.9. The van der Waals surface area contributed by atoms with Crippen LogP contribution in [0.15, 0.2) is 12.1 Å². The molecule has 6 aliphatic rings. The van der Waals surface area contributed by atoms with Crippen molar-refractivity contribution >= 4 is 38.5 Å². The molecule has 2 amide bonds. The first-order valence-corrected chi connectivity index (χ1v) is 22.0. The number of hydrogen-bond donors (Lipinski definition) is 3. The molecule has 0 unspecified atom stereocenters. The number of primary sulfonamides is 1. The van der Waals surface area contributed by atoms with Gasteiger partial charge in [-0.1, -0.05) is 12.1 Å². The lowest BCUT2D eigenvalue weighted by Gasteiger charge is -2.28. The maximum absolute atomic E-state index is 12.6. The minimum absolute atomic E-state index is 0.347. The highest BCUT2D eigenvalue weighted by Gasteiger charge is 2.32. The SMILES string of the molecule is C=[N+]1CCC(S(N)(=O)=O)CC1.CN1CCC(S(=O)(=O)NC(=O)Nc2c3c(cc4c2CCC4)CCC3)CC1.N#COc1c2c(cc3c1CCC3)CCC2. The number of carbonyl (C=O) groups excluding carboxylic acids is 1. The highest BCUT2D eigenvalue weighted by Crippen LogP contribution is 2.40. The Balaban J connectivity index is 0.000000150. The van der Waals surface area contributed by atoms with Crippen molar-refractivity contribution in [3.05, 3.63) is 56.6 Å². The topological polar surface area (TPSA) is 175 Å². The van der Waals surface area contributed by atoms with E-state index in [2.05, 4.69) is 33.8 Å². The lowest BCUT2D eigenvalue weighted by Crippen LogP contribution is -2.45. The Morgan fingerprint density at radius 3 is 1.73 bits per heavy atom. The van der Waals surface area contributed by atoms with Crippen molar-refractivity contribution in [3.8, 4) is 12.0 Å². The summed E-state index contributed by atoms with van der Waals surface area (Å²) < 4.78 is 56.1. The van der Waals surface area contributed by atoms with Gasteiger partial charge in [-0.2, -0.15) is 0 Å². The van der Waals surface area contributed by atoms with Crippen molar-refractivity contribution < 1.29 is 30.9 Å². The van der Waals surface area contributed by atoms with Gasteiger partial charge in [-0.15, -0.1) is 5.26 Å². The standard InChI is InChI=1S/C19H27N3O3S.C13H13NO.C6H13N2O2S/c1-22-10-8-15(9-11-22)26(24,25)21-19(23)20-18-16-6-2-4-13(16)12-14-5-3-7-17(14)18;14-8-15-13-11-5-1-3-9(11)7-10-4-2-6-12(10)13;1-8-4-2-6(3-5-8)11(7,9)10/h12,15H,2-11H2,1H3,(H2,20,21,23);7H,1-6H2;6H,1-5H2,(H2,7,9,10)/q;;+1. The van der Waals surface area contributed by atoms with Crippen molar-refractivity contribution in [1.29, 1.82) is 5.26 Å². The fourth-order valence-corrected chi connectivity index (χ4v) is 11.0. The van der Waals surface area contributed by atoms with Crippen LogP contribution >= 0.6 is 0 Å². The third kappa shape index (κ3) is 8.81. The number of carbonyl (C=O) groups is 1. The summed E-state index contributed by atoms with van der Waals surface area (Å²) in [7, 11) is -4.96. The molecule has 0 bridgehead atoms. The molecule has 282 valence electrons. The van der Waals surface area contributed by atoms with Gasteiger partial charge >= 0.3 is 6.03 Å². The first kappa shape index (κ1) is 38.2. The summed E-state index contributed by atoms with van der Waals surface area (Å²) in [5, 5.41) is 15.8. The number of benzene rings is 2. The maximum atomic E-state index is 12.6. The van der Waals surface area contributed by atoms with E-state index in [1.54, 1.807) is 0 Å². The van der Waals surface area contributed by atoms with Crippen LogP contribution in [-0.4, -0.2) is 82.8 Å². The van der Waals surface area contributed by atoms with Crippen LogP contribution in [0.1, 0.15) is 95.9 Å². The number of ether oxygens (including phenoxy) is 1. The molecule has 4 N–H and O–H groups in total. The van der Waals surface area contributed by atoms with Crippen molar-refractivity contribution in [2.45, 2.75) is 113 Å². The number of anilines is 1. The van der Waals surface area contributed by atoms with Crippen LogP contribution in [-0.2, 0) is 71.4 Å². The van der Waals surface area contributed by atoms with E-state index in [0.29, 0.717) is 25.7 Å². The van der Waals surface area contributed by atoms with Crippen LogP contribution in [0.25, 0.3) is 0 Å². The molecule has 4 aliphatic carbocycles. The van der Waals surface area contributed by atoms with Gasteiger partial charge in [0.25, 0.3) is 6.26 Å². The van der Waals surface area contributed by atoms with E-state index in [4.69, 9.17) is 15.1 Å². The van der Waals surface area contributed by atoms with Gasteiger partial charge in [0.1, 0.15) is 25.6 Å². The van der Waals surface area contributed by atoms with E-state index in [1.807, 2.05) is 17.9 Å². The minimum atomic E-state index is -3.64. The third-order valence-corrected chi connectivity index (χ3v) is 14.8. The molecular weight excluding hydrogens is 701 g/mol. The number of urea groups is 1. The first-order valence-electron chi connectivity index (χ1n) is 18.8. The van der Waals surface area contributed by atoms with Crippen LogP contribution in [0.5, 0.6) is 5.75 Å². The Morgan fingerprint density at radius 1 is 0.808 bits per heavy atom. The van der Waals surface area contributed by atoms with Crippen LogP contribution in [0, 0.1) is 11.5 Å². The molecule has 2 heterocycles. The van der Waals surface area contributed by atoms with E-state index >= 15 is 0 Å². The van der Waals surface area contributed by atoms with Gasteiger partial charge in [0, 0.05) is 18.5 Å². The predicted molar refractivity (Wildman–Crippen MR) is 202 cm³/mol. The van der Waals surface area contributed by atoms with Crippen LogP contribution in [0.3, 0.4) is 0 Å². The molecule has 2 aromatic carbocycles. The Bertz CT molecular complexity index is 1890. The molecule has 2 saturated heterocycles. The lowest BCUT2D eigenvalue weighted by atomic mass is 9.99. The van der Waals surface area contributed by atoms with Gasteiger partial charge in [0.05, 0.1) is 10.5 Å². The summed E-state index contributed by atoms with van der Waals surface area (Å²) in [6, 6.07) is 4.02. The van der Waals surface area contributed by atoms with Gasteiger partial charge < -0.3 is 15.0 Å². The number of nitrogens with two attached hydrogens (primary N) is 1. The zero-order valence-electron chi connectivity index (χ0n) is 30.3. The minimum Gasteiger partial charge on any atom is -0.387 e. The zero-order valence-corrected chi connectivity index (χ0v) is 32.0. The van der Waals surface area contributed by atoms with Gasteiger partial charge in [-0.3, -0.25) is 0 Å². The predicted octanol–water partition coefficient (Wildman–Crippen LogP) is 3.88. The number of nitriles is 1. The second kappa shape index (κ2) is 16.2. The summed E-state index contributed by atoms with van der Waals surface area (Å²) in [4.78, 5) is 14.6. The number of likely N-dealkylation sites (tertiary alicyclic amines) is 1. The summed E-state index contributed by atoms with van der Waals surface area (Å²) >= 11 is 0. The first-order chi connectivity index (χ1) is 24.8. The van der Waals surface area contributed by atoms with Gasteiger partial charge in [0.2, 0.25) is 20.0 Å². The van der Waals surface area contributed by atoms with E-state index < -0.39 is 31.3 Å². The average molecular weight is 754 g/mol. The average Bonchev–Trinajstić information content (AvgIpc) is 3.93. The molecule has 12 nitrogen and oxygen atoms in total. The van der Waals surface area contributed by atoms with Crippen molar-refractivity contribution in [2.24, 2.45) is 5.14 Å². The Morgan fingerprint density at radius 2 is 1.27 bits per heavy atom. The summed E-state index contributed by atoms with van der Waals surface area (Å²) in [5.74, 6) is 0.903. The normalized spacial score (nSPS) is 19.9. The summed E-state index contributed by atoms with van der Waals surface area (Å²) in [6.45, 7) is 6.64. The van der Waals surface area contributed by atoms with E-state index in [0.717, 1.165) is 102 Å². The quantitative estimate of drug-likeness (QED) is 0.305. The van der Waals surface area contributed by atoms with Crippen molar-refractivity contribution in [3.63, 3.8) is 0 Å². The number of piperidine rings is 2. The molecular formula is C38H53N6O6S2+. The monoisotopic (exact) mass is 753 g/mol. The molecule has 14 heteroatoms. The molecule has 0 aromatic heterocycles. The highest BCUT2D eigenvalue weighted by atomic mass is 32.2. The number of rotatable bonds is 5. The van der Waals surface area contributed by atoms with E-state index in [1.165, 1.54) is 57.3 Å². The largest absolute Gasteiger partial charge is 0.387 e. The van der Waals surface area contributed by atoms with Crippen LogP contribution in [0.2, 0.25) is 0 Å². The van der Waals surface area contributed by atoms with Gasteiger partial charge in [-0.25, -0.2) is 36.1 Å². The fourth-order valence-electron chi connectivity index (χ4n) is 8.78.